The topological polar surface area (TPSA) is 94.0 Å². The van der Waals surface area contributed by atoms with Gasteiger partial charge in [0.25, 0.3) is 5.78 Å². The van der Waals surface area contributed by atoms with Crippen LogP contribution in [0, 0.1) is 0 Å². The van der Waals surface area contributed by atoms with E-state index in [1.54, 1.807) is 51.9 Å². The summed E-state index contributed by atoms with van der Waals surface area (Å²) in [7, 11) is 1.84. The van der Waals surface area contributed by atoms with Crippen LogP contribution in [0.5, 0.6) is 0 Å². The number of hydrogen-bond donors (Lipinski definition) is 1. The lowest BCUT2D eigenvalue weighted by Gasteiger charge is -2.30. The fourth-order valence-corrected chi connectivity index (χ4v) is 4.74. The van der Waals surface area contributed by atoms with Crippen molar-refractivity contribution >= 4 is 39.9 Å². The quantitative estimate of drug-likeness (QED) is 0.377. The molecule has 0 aliphatic carbocycles. The van der Waals surface area contributed by atoms with E-state index in [1.807, 2.05) is 43.4 Å². The number of aromatic nitrogens is 7. The predicted octanol–water partition coefficient (Wildman–Crippen LogP) is 4.66. The van der Waals surface area contributed by atoms with Gasteiger partial charge in [-0.05, 0) is 58.0 Å². The maximum Gasteiger partial charge on any atom is 0.274 e. The van der Waals surface area contributed by atoms with Gasteiger partial charge in [0.2, 0.25) is 0 Å². The Balaban J connectivity index is 1.68. The van der Waals surface area contributed by atoms with Crippen LogP contribution in [-0.2, 0) is 12.6 Å². The minimum atomic E-state index is -1.52. The first-order valence-electron chi connectivity index (χ1n) is 10.7. The molecule has 1 unspecified atom stereocenters. The van der Waals surface area contributed by atoms with Crippen LogP contribution < -0.4 is 0 Å². The second kappa shape index (κ2) is 8.13. The van der Waals surface area contributed by atoms with Crippen LogP contribution in [0.2, 0.25) is 10.0 Å². The summed E-state index contributed by atoms with van der Waals surface area (Å²) in [6.45, 7) is 0. The van der Waals surface area contributed by atoms with Gasteiger partial charge in [-0.3, -0.25) is 0 Å². The highest BCUT2D eigenvalue weighted by molar-refractivity contribution is 6.31. The normalized spacial score (nSPS) is 13.4. The summed E-state index contributed by atoms with van der Waals surface area (Å²) in [6, 6.07) is 20.2. The number of aryl methyl sites for hydroxylation is 1. The monoisotopic (exact) mass is 501 g/mol. The van der Waals surface area contributed by atoms with E-state index in [0.29, 0.717) is 38.3 Å². The Morgan fingerprint density at radius 1 is 0.914 bits per heavy atom. The Labute approximate surface area is 209 Å². The third-order valence-electron chi connectivity index (χ3n) is 6.11. The Kier molecular flexibility index (Phi) is 5.03. The number of benzene rings is 3. The first-order valence-corrected chi connectivity index (χ1v) is 11.4. The largest absolute Gasteiger partial charge is 0.374 e. The predicted molar refractivity (Wildman–Crippen MR) is 133 cm³/mol. The Bertz CT molecular complexity index is 1710. The second-order valence-corrected chi connectivity index (χ2v) is 9.07. The van der Waals surface area contributed by atoms with Gasteiger partial charge in [-0.2, -0.15) is 4.52 Å². The third kappa shape index (κ3) is 3.46. The summed E-state index contributed by atoms with van der Waals surface area (Å²) in [5.74, 6) is 0.361. The molecule has 0 aliphatic heterocycles. The van der Waals surface area contributed by atoms with Gasteiger partial charge in [0.1, 0.15) is 0 Å². The standard InChI is InChI=1S/C25H17Cl2N7O/c1-33-14-28-13-22(33)25(35,16-5-8-18(26)9-6-16)17-7-10-21-20(12-17)23(15-3-2-4-19(27)11-15)29-24-30-31-32-34(21)24/h2-14,35H,1H3. The number of tetrazole rings is 1. The summed E-state index contributed by atoms with van der Waals surface area (Å²) in [5, 5.41) is 26.2. The van der Waals surface area contributed by atoms with E-state index in [1.165, 1.54) is 0 Å². The second-order valence-electron chi connectivity index (χ2n) is 8.20. The van der Waals surface area contributed by atoms with Crippen molar-refractivity contribution in [3.05, 3.63) is 106 Å². The van der Waals surface area contributed by atoms with Crippen molar-refractivity contribution in [1.29, 1.82) is 0 Å². The minimum absolute atomic E-state index is 0.361. The van der Waals surface area contributed by atoms with Crippen molar-refractivity contribution in [1.82, 2.24) is 34.6 Å². The maximum atomic E-state index is 12.3. The summed E-state index contributed by atoms with van der Waals surface area (Å²) >= 11 is 12.4. The van der Waals surface area contributed by atoms with Gasteiger partial charge in [0.05, 0.1) is 29.4 Å². The number of fused-ring (bicyclic) bond motifs is 3. The molecule has 0 saturated heterocycles. The molecule has 6 aromatic rings. The van der Waals surface area contributed by atoms with E-state index in [9.17, 15) is 5.11 Å². The van der Waals surface area contributed by atoms with E-state index in [-0.39, 0.29) is 0 Å². The molecule has 0 amide bonds. The number of halogens is 2. The highest BCUT2D eigenvalue weighted by Gasteiger charge is 2.37. The Morgan fingerprint density at radius 3 is 2.46 bits per heavy atom. The smallest absolute Gasteiger partial charge is 0.274 e. The number of rotatable bonds is 4. The lowest BCUT2D eigenvalue weighted by Crippen LogP contribution is -2.31. The molecule has 6 rings (SSSR count). The third-order valence-corrected chi connectivity index (χ3v) is 6.60. The van der Waals surface area contributed by atoms with E-state index >= 15 is 0 Å². The molecule has 0 bridgehead atoms. The highest BCUT2D eigenvalue weighted by Crippen LogP contribution is 2.39. The van der Waals surface area contributed by atoms with Gasteiger partial charge in [-0.1, -0.05) is 58.6 Å². The van der Waals surface area contributed by atoms with Gasteiger partial charge in [0, 0.05) is 28.0 Å². The van der Waals surface area contributed by atoms with Crippen molar-refractivity contribution in [2.75, 3.05) is 0 Å². The lowest BCUT2D eigenvalue weighted by molar-refractivity contribution is 0.117. The van der Waals surface area contributed by atoms with Crippen LogP contribution in [0.1, 0.15) is 16.8 Å². The number of nitrogens with zero attached hydrogens (tertiary/aromatic N) is 7. The van der Waals surface area contributed by atoms with Crippen LogP contribution in [0.15, 0.2) is 79.3 Å². The number of aliphatic hydroxyl groups is 1. The molecule has 3 aromatic heterocycles. The molecule has 10 heteroatoms. The Morgan fingerprint density at radius 2 is 1.71 bits per heavy atom. The molecule has 0 fully saturated rings. The van der Waals surface area contributed by atoms with E-state index in [2.05, 4.69) is 20.5 Å². The average Bonchev–Trinajstić information content (AvgIpc) is 3.52. The van der Waals surface area contributed by atoms with Gasteiger partial charge in [0.15, 0.2) is 5.60 Å². The molecule has 35 heavy (non-hydrogen) atoms. The van der Waals surface area contributed by atoms with Crippen LogP contribution in [0.25, 0.3) is 27.9 Å². The summed E-state index contributed by atoms with van der Waals surface area (Å²) in [6.07, 6.45) is 3.31. The van der Waals surface area contributed by atoms with Gasteiger partial charge < -0.3 is 9.67 Å². The van der Waals surface area contributed by atoms with Crippen molar-refractivity contribution in [3.8, 4) is 11.3 Å². The zero-order valence-corrected chi connectivity index (χ0v) is 19.9. The fourth-order valence-electron chi connectivity index (χ4n) is 4.42. The zero-order chi connectivity index (χ0) is 24.2. The molecule has 3 aromatic carbocycles. The van der Waals surface area contributed by atoms with E-state index in [0.717, 1.165) is 16.5 Å². The van der Waals surface area contributed by atoms with Crippen LogP contribution >= 0.6 is 23.2 Å². The minimum Gasteiger partial charge on any atom is -0.374 e. The molecule has 0 spiro atoms. The molecule has 0 saturated carbocycles. The molecule has 3 heterocycles. The first-order chi connectivity index (χ1) is 16.9. The van der Waals surface area contributed by atoms with Gasteiger partial charge in [-0.25, -0.2) is 9.97 Å². The lowest BCUT2D eigenvalue weighted by atomic mass is 9.83. The summed E-state index contributed by atoms with van der Waals surface area (Å²) in [5.41, 5.74) is 2.53. The molecule has 8 nitrogen and oxygen atoms in total. The van der Waals surface area contributed by atoms with Crippen LogP contribution in [0.3, 0.4) is 0 Å². The molecular weight excluding hydrogens is 485 g/mol. The summed E-state index contributed by atoms with van der Waals surface area (Å²) < 4.78 is 3.36. The van der Waals surface area contributed by atoms with Crippen molar-refractivity contribution in [3.63, 3.8) is 0 Å². The molecular formula is C25H17Cl2N7O. The van der Waals surface area contributed by atoms with Crippen LogP contribution in [0.4, 0.5) is 0 Å². The van der Waals surface area contributed by atoms with Crippen molar-refractivity contribution in [2.45, 2.75) is 5.60 Å². The van der Waals surface area contributed by atoms with Crippen molar-refractivity contribution in [2.24, 2.45) is 7.05 Å². The first kappa shape index (κ1) is 21.7. The number of imidazole rings is 1. The van der Waals surface area contributed by atoms with Gasteiger partial charge in [-0.15, -0.1) is 0 Å². The molecule has 1 N–H and O–H groups in total. The van der Waals surface area contributed by atoms with E-state index in [4.69, 9.17) is 28.2 Å². The number of hydrogen-bond acceptors (Lipinski definition) is 6. The zero-order valence-electron chi connectivity index (χ0n) is 18.3. The summed E-state index contributed by atoms with van der Waals surface area (Å²) in [4.78, 5) is 8.96. The molecule has 0 aliphatic rings. The highest BCUT2D eigenvalue weighted by atomic mass is 35.5. The van der Waals surface area contributed by atoms with Crippen LogP contribution in [-0.4, -0.2) is 39.7 Å². The Hall–Kier alpha value is -3.85. The molecule has 1 atom stereocenters. The SMILES string of the molecule is Cn1cncc1C(O)(c1ccc(Cl)cc1)c1ccc2c(c1)c(-c1cccc(Cl)c1)nc1nnnn12. The van der Waals surface area contributed by atoms with E-state index < -0.39 is 5.60 Å². The fraction of sp³-hybridized carbons (Fsp3) is 0.0800. The van der Waals surface area contributed by atoms with Gasteiger partial charge >= 0.3 is 0 Å². The average molecular weight is 502 g/mol. The maximum absolute atomic E-state index is 12.3. The van der Waals surface area contributed by atoms with Crippen molar-refractivity contribution < 1.29 is 5.11 Å². The molecule has 172 valence electrons. The molecule has 0 radical (unpaired) electrons.